The van der Waals surface area contributed by atoms with Crippen LogP contribution in [0.5, 0.6) is 5.75 Å². The van der Waals surface area contributed by atoms with Gasteiger partial charge in [0.2, 0.25) is 10.0 Å². The Kier molecular flexibility index (Phi) is 6.97. The fourth-order valence-electron chi connectivity index (χ4n) is 3.19. The minimum atomic E-state index is -3.98. The summed E-state index contributed by atoms with van der Waals surface area (Å²) in [6.45, 7) is 0.0516. The number of ether oxygens (including phenoxy) is 1. The number of anilines is 1. The van der Waals surface area contributed by atoms with E-state index in [1.165, 1.54) is 25.3 Å². The average molecular weight is 497 g/mol. The van der Waals surface area contributed by atoms with Crippen LogP contribution in [0.25, 0.3) is 5.69 Å². The number of methoxy groups -OCH3 is 1. The monoisotopic (exact) mass is 496 g/mol. The van der Waals surface area contributed by atoms with E-state index >= 15 is 0 Å². The quantitative estimate of drug-likeness (QED) is 0.379. The number of aromatic nitrogens is 2. The van der Waals surface area contributed by atoms with Gasteiger partial charge in [0.15, 0.2) is 5.82 Å². The molecule has 34 heavy (non-hydrogen) atoms. The largest absolute Gasteiger partial charge is 0.495 e. The normalized spacial score (nSPS) is 11.2. The highest BCUT2D eigenvalue weighted by Crippen LogP contribution is 2.26. The Morgan fingerprint density at radius 1 is 1.03 bits per heavy atom. The second-order valence-electron chi connectivity index (χ2n) is 7.25. The number of carbonyl (C=O) groups is 1. The molecule has 0 aliphatic carbocycles. The van der Waals surface area contributed by atoms with Gasteiger partial charge in [-0.1, -0.05) is 41.9 Å². The summed E-state index contributed by atoms with van der Waals surface area (Å²) in [6.07, 6.45) is 1.72. The molecule has 0 spiro atoms. The van der Waals surface area contributed by atoms with Crippen LogP contribution in [0.3, 0.4) is 0 Å². The van der Waals surface area contributed by atoms with E-state index in [1.54, 1.807) is 41.2 Å². The maximum atomic E-state index is 13.0. The molecular formula is C24H21ClN4O4S. The number of nitrogens with zero attached hydrogens (tertiary/aromatic N) is 2. The first-order valence-electron chi connectivity index (χ1n) is 10.2. The highest BCUT2D eigenvalue weighted by atomic mass is 35.5. The molecule has 0 aliphatic rings. The minimum Gasteiger partial charge on any atom is -0.495 e. The van der Waals surface area contributed by atoms with Crippen molar-refractivity contribution in [1.29, 1.82) is 0 Å². The van der Waals surface area contributed by atoms with Crippen LogP contribution in [0.4, 0.5) is 5.82 Å². The number of nitrogens with one attached hydrogen (secondary N) is 2. The zero-order valence-corrected chi connectivity index (χ0v) is 19.7. The van der Waals surface area contributed by atoms with E-state index in [0.29, 0.717) is 10.8 Å². The van der Waals surface area contributed by atoms with Gasteiger partial charge in [-0.25, -0.2) is 17.8 Å². The second-order valence-corrected chi connectivity index (χ2v) is 9.42. The maximum absolute atomic E-state index is 13.0. The number of amides is 1. The number of hydrogen-bond acceptors (Lipinski definition) is 5. The van der Waals surface area contributed by atoms with Crippen molar-refractivity contribution < 1.29 is 17.9 Å². The Bertz CT molecular complexity index is 1400. The zero-order valence-electron chi connectivity index (χ0n) is 18.1. The molecule has 174 valence electrons. The molecule has 2 N–H and O–H groups in total. The standard InChI is InChI=1S/C24H21ClN4O4S/c1-33-21-12-9-18(15-22(21)34(31,32)26-16-17-7-10-19(25)11-8-17)24(30)27-23-13-14-29(28-23)20-5-3-2-4-6-20/h2-15,26H,16H2,1H3,(H,27,28,30). The molecule has 0 bridgehead atoms. The van der Waals surface area contributed by atoms with E-state index in [2.05, 4.69) is 15.1 Å². The predicted octanol–water partition coefficient (Wildman–Crippen LogP) is 4.27. The molecule has 1 amide bonds. The fraction of sp³-hybridized carbons (Fsp3) is 0.0833. The van der Waals surface area contributed by atoms with Crippen LogP contribution in [0, 0.1) is 0 Å². The fourth-order valence-corrected chi connectivity index (χ4v) is 4.53. The SMILES string of the molecule is COc1ccc(C(=O)Nc2ccn(-c3ccccc3)n2)cc1S(=O)(=O)NCc1ccc(Cl)cc1. The van der Waals surface area contributed by atoms with E-state index in [-0.39, 0.29) is 22.8 Å². The molecule has 0 unspecified atom stereocenters. The first-order valence-corrected chi connectivity index (χ1v) is 12.1. The van der Waals surface area contributed by atoms with Crippen molar-refractivity contribution in [2.45, 2.75) is 11.4 Å². The topological polar surface area (TPSA) is 102 Å². The summed E-state index contributed by atoms with van der Waals surface area (Å²) in [7, 11) is -2.62. The van der Waals surface area contributed by atoms with Gasteiger partial charge in [-0.2, -0.15) is 5.10 Å². The lowest BCUT2D eigenvalue weighted by atomic mass is 10.2. The van der Waals surface area contributed by atoms with Crippen LogP contribution in [-0.4, -0.2) is 31.2 Å². The Morgan fingerprint density at radius 3 is 2.47 bits per heavy atom. The third-order valence-electron chi connectivity index (χ3n) is 4.95. The van der Waals surface area contributed by atoms with Crippen molar-refractivity contribution >= 4 is 33.3 Å². The van der Waals surface area contributed by atoms with E-state index in [4.69, 9.17) is 16.3 Å². The summed E-state index contributed by atoms with van der Waals surface area (Å²) in [5.74, 6) is -0.0569. The van der Waals surface area contributed by atoms with Crippen LogP contribution in [0.2, 0.25) is 5.02 Å². The van der Waals surface area contributed by atoms with Crippen molar-refractivity contribution in [2.24, 2.45) is 0 Å². The first-order chi connectivity index (χ1) is 16.4. The van der Waals surface area contributed by atoms with Gasteiger partial charge in [0.05, 0.1) is 12.8 Å². The summed E-state index contributed by atoms with van der Waals surface area (Å²) >= 11 is 5.88. The summed E-state index contributed by atoms with van der Waals surface area (Å²) in [5.41, 5.74) is 1.71. The predicted molar refractivity (Wildman–Crippen MR) is 130 cm³/mol. The van der Waals surface area contributed by atoms with E-state index in [9.17, 15) is 13.2 Å². The van der Waals surface area contributed by atoms with Gasteiger partial charge in [0, 0.05) is 29.4 Å². The van der Waals surface area contributed by atoms with E-state index in [0.717, 1.165) is 11.3 Å². The Labute approximate surface area is 202 Å². The van der Waals surface area contributed by atoms with Gasteiger partial charge in [-0.05, 0) is 48.0 Å². The summed E-state index contributed by atoms with van der Waals surface area (Å²) in [5, 5.41) is 7.58. The number of carbonyl (C=O) groups excluding carboxylic acids is 1. The Balaban J connectivity index is 1.52. The second kappa shape index (κ2) is 10.1. The Hall–Kier alpha value is -3.66. The van der Waals surface area contributed by atoms with Crippen molar-refractivity contribution in [3.63, 3.8) is 0 Å². The van der Waals surface area contributed by atoms with Gasteiger partial charge >= 0.3 is 0 Å². The zero-order chi connectivity index (χ0) is 24.1. The van der Waals surface area contributed by atoms with Crippen LogP contribution >= 0.6 is 11.6 Å². The van der Waals surface area contributed by atoms with Crippen molar-refractivity contribution in [3.8, 4) is 11.4 Å². The smallest absolute Gasteiger partial charge is 0.256 e. The molecule has 1 aromatic heterocycles. The molecule has 1 heterocycles. The molecule has 10 heteroatoms. The van der Waals surface area contributed by atoms with Gasteiger partial charge in [-0.15, -0.1) is 0 Å². The molecule has 8 nitrogen and oxygen atoms in total. The van der Waals surface area contributed by atoms with Gasteiger partial charge < -0.3 is 10.1 Å². The number of halogens is 1. The van der Waals surface area contributed by atoms with Gasteiger partial charge in [-0.3, -0.25) is 4.79 Å². The molecule has 0 atom stereocenters. The summed E-state index contributed by atoms with van der Waals surface area (Å²) < 4.78 is 35.3. The van der Waals surface area contributed by atoms with Gasteiger partial charge in [0.25, 0.3) is 5.91 Å². The number of para-hydroxylation sites is 1. The molecule has 0 saturated heterocycles. The van der Waals surface area contributed by atoms with Crippen molar-refractivity contribution in [3.05, 3.63) is 101 Å². The number of rotatable bonds is 8. The third kappa shape index (κ3) is 5.45. The molecular weight excluding hydrogens is 476 g/mol. The highest BCUT2D eigenvalue weighted by Gasteiger charge is 2.22. The molecule has 0 radical (unpaired) electrons. The molecule has 0 fully saturated rings. The van der Waals surface area contributed by atoms with E-state index < -0.39 is 15.9 Å². The van der Waals surface area contributed by atoms with Gasteiger partial charge in [0.1, 0.15) is 10.6 Å². The maximum Gasteiger partial charge on any atom is 0.256 e. The van der Waals surface area contributed by atoms with Crippen LogP contribution in [0.1, 0.15) is 15.9 Å². The molecule has 3 aromatic carbocycles. The van der Waals surface area contributed by atoms with Crippen molar-refractivity contribution in [2.75, 3.05) is 12.4 Å². The summed E-state index contributed by atoms with van der Waals surface area (Å²) in [6, 6.07) is 22.1. The molecule has 4 rings (SSSR count). The highest BCUT2D eigenvalue weighted by molar-refractivity contribution is 7.89. The molecule has 0 aliphatic heterocycles. The lowest BCUT2D eigenvalue weighted by Gasteiger charge is -2.12. The summed E-state index contributed by atoms with van der Waals surface area (Å²) in [4.78, 5) is 12.7. The minimum absolute atomic E-state index is 0.0516. The first kappa shape index (κ1) is 23.5. The molecule has 0 saturated carbocycles. The van der Waals surface area contributed by atoms with E-state index in [1.807, 2.05) is 30.3 Å². The van der Waals surface area contributed by atoms with Crippen LogP contribution < -0.4 is 14.8 Å². The number of hydrogen-bond donors (Lipinski definition) is 2. The molecule has 4 aromatic rings. The number of benzene rings is 3. The van der Waals surface area contributed by atoms with Crippen LogP contribution in [0.15, 0.2) is 90.0 Å². The van der Waals surface area contributed by atoms with Crippen LogP contribution in [-0.2, 0) is 16.6 Å². The lowest BCUT2D eigenvalue weighted by molar-refractivity contribution is 0.102. The third-order valence-corrected chi connectivity index (χ3v) is 6.62. The average Bonchev–Trinajstić information content (AvgIpc) is 3.32. The van der Waals surface area contributed by atoms with Crippen molar-refractivity contribution in [1.82, 2.24) is 14.5 Å². The number of sulfonamides is 1. The lowest BCUT2D eigenvalue weighted by Crippen LogP contribution is -2.24. The Morgan fingerprint density at radius 2 is 1.76 bits per heavy atom.